The molecule has 0 N–H and O–H groups in total. The van der Waals surface area contributed by atoms with Gasteiger partial charge in [-0.3, -0.25) is 0 Å². The van der Waals surface area contributed by atoms with E-state index in [0.29, 0.717) is 0 Å². The molecule has 1 aliphatic carbocycles. The fraction of sp³-hybridized carbons (Fsp3) is 0.0435. The summed E-state index contributed by atoms with van der Waals surface area (Å²) in [6, 6.07) is 94.0. The van der Waals surface area contributed by atoms with Gasteiger partial charge in [-0.1, -0.05) is 196 Å². The second kappa shape index (κ2) is 16.1. The molecule has 0 spiro atoms. The van der Waals surface area contributed by atoms with Gasteiger partial charge in [0.25, 0.3) is 0 Å². The van der Waals surface area contributed by atoms with E-state index in [4.69, 9.17) is 0 Å². The smallest absolute Gasteiger partial charge is 0.0541 e. The van der Waals surface area contributed by atoms with Crippen molar-refractivity contribution in [1.82, 2.24) is 9.13 Å². The summed E-state index contributed by atoms with van der Waals surface area (Å²) in [4.78, 5) is 0. The number of aromatic nitrogens is 2. The molecule has 13 aromatic rings. The number of hydrogen-bond acceptors (Lipinski definition) is 0. The van der Waals surface area contributed by atoms with Crippen LogP contribution in [0.4, 0.5) is 0 Å². The molecule has 0 saturated heterocycles. The van der Waals surface area contributed by atoms with Crippen molar-refractivity contribution in [1.29, 1.82) is 0 Å². The standard InChI is InChI=1S/C69H48N2/c1-69(2)63-23-9-6-20-57(63)58-37-36-56(44-64(58)69)71-66-25-11-8-22-60(66)62-43-54(33-39-68(62)71)53-32-38-67-61(42-53)59-21-7-10-24-65(59)70(67)55-34-30-47(31-35-55)46-26-28-48(29-27-46)50-17-13-19-52(41-50)51-18-12-16-49(40-51)45-14-4-3-5-15-45/h3-44H,1-2H3. The van der Waals surface area contributed by atoms with Gasteiger partial charge in [0, 0.05) is 38.3 Å². The van der Waals surface area contributed by atoms with Crippen LogP contribution in [-0.2, 0) is 5.41 Å². The molecule has 0 saturated carbocycles. The average Bonchev–Trinajstić information content (AvgIpc) is 4.03. The van der Waals surface area contributed by atoms with Crippen molar-refractivity contribution < 1.29 is 0 Å². The van der Waals surface area contributed by atoms with E-state index in [-0.39, 0.29) is 5.41 Å². The Kier molecular flexibility index (Phi) is 9.28. The van der Waals surface area contributed by atoms with E-state index in [1.54, 1.807) is 0 Å². The topological polar surface area (TPSA) is 9.86 Å². The Morgan fingerprint density at radius 3 is 1.21 bits per heavy atom. The van der Waals surface area contributed by atoms with Crippen molar-refractivity contribution in [2.45, 2.75) is 19.3 Å². The fourth-order valence-electron chi connectivity index (χ4n) is 11.7. The zero-order valence-corrected chi connectivity index (χ0v) is 39.6. The van der Waals surface area contributed by atoms with Gasteiger partial charge in [0.2, 0.25) is 0 Å². The Labute approximate surface area is 414 Å². The van der Waals surface area contributed by atoms with Gasteiger partial charge in [0.1, 0.15) is 0 Å². The average molecular weight is 905 g/mol. The first-order valence-corrected chi connectivity index (χ1v) is 24.7. The highest BCUT2D eigenvalue weighted by molar-refractivity contribution is 6.13. The maximum absolute atomic E-state index is 2.46. The van der Waals surface area contributed by atoms with E-state index >= 15 is 0 Å². The highest BCUT2D eigenvalue weighted by atomic mass is 15.0. The summed E-state index contributed by atoms with van der Waals surface area (Å²) < 4.78 is 4.87. The van der Waals surface area contributed by atoms with Gasteiger partial charge in [0.15, 0.2) is 0 Å². The first-order valence-electron chi connectivity index (χ1n) is 24.7. The van der Waals surface area contributed by atoms with Crippen LogP contribution in [0, 0.1) is 0 Å². The number of nitrogens with zero attached hydrogens (tertiary/aromatic N) is 2. The number of fused-ring (bicyclic) bond motifs is 9. The largest absolute Gasteiger partial charge is 0.309 e. The maximum atomic E-state index is 2.46. The van der Waals surface area contributed by atoms with Crippen LogP contribution in [0.1, 0.15) is 25.0 Å². The van der Waals surface area contributed by atoms with Gasteiger partial charge in [-0.15, -0.1) is 0 Å². The van der Waals surface area contributed by atoms with Crippen molar-refractivity contribution in [3.05, 3.63) is 266 Å². The lowest BCUT2D eigenvalue weighted by atomic mass is 9.82. The molecule has 0 fully saturated rings. The number of benzene rings is 11. The van der Waals surface area contributed by atoms with E-state index in [2.05, 4.69) is 278 Å². The molecular formula is C69H48N2. The highest BCUT2D eigenvalue weighted by Crippen LogP contribution is 2.50. The first-order chi connectivity index (χ1) is 34.9. The van der Waals surface area contributed by atoms with Gasteiger partial charge in [0.05, 0.1) is 22.1 Å². The summed E-state index contributed by atoms with van der Waals surface area (Å²) in [5.41, 5.74) is 24.7. The third-order valence-electron chi connectivity index (χ3n) is 15.3. The minimum atomic E-state index is -0.0695. The van der Waals surface area contributed by atoms with Crippen molar-refractivity contribution in [3.8, 4) is 78.1 Å². The summed E-state index contributed by atoms with van der Waals surface area (Å²) in [7, 11) is 0. The minimum Gasteiger partial charge on any atom is -0.309 e. The molecule has 2 heterocycles. The molecule has 0 atom stereocenters. The molecule has 0 unspecified atom stereocenters. The van der Waals surface area contributed by atoms with Crippen molar-refractivity contribution in [2.24, 2.45) is 0 Å². The SMILES string of the molecule is CC1(C)c2ccccc2-c2ccc(-n3c4ccccc4c4cc(-c5ccc6c(c5)c5ccccc5n6-c5ccc(-c6ccc(-c7cccc(-c8cccc(-c9ccccc9)c8)c7)cc6)cc5)ccc43)cc21. The Morgan fingerprint density at radius 1 is 0.239 bits per heavy atom. The van der Waals surface area contributed by atoms with E-state index in [1.807, 2.05) is 0 Å². The molecule has 2 nitrogen and oxygen atoms in total. The van der Waals surface area contributed by atoms with Crippen molar-refractivity contribution in [2.75, 3.05) is 0 Å². The molecule has 0 radical (unpaired) electrons. The molecule has 71 heavy (non-hydrogen) atoms. The van der Waals surface area contributed by atoms with Crippen LogP contribution in [0.2, 0.25) is 0 Å². The third-order valence-corrected chi connectivity index (χ3v) is 15.3. The zero-order chi connectivity index (χ0) is 47.2. The molecule has 1 aliphatic rings. The zero-order valence-electron chi connectivity index (χ0n) is 39.6. The van der Waals surface area contributed by atoms with Crippen LogP contribution in [-0.4, -0.2) is 9.13 Å². The van der Waals surface area contributed by atoms with Gasteiger partial charge >= 0.3 is 0 Å². The van der Waals surface area contributed by atoms with Crippen LogP contribution >= 0.6 is 0 Å². The van der Waals surface area contributed by atoms with E-state index < -0.39 is 0 Å². The second-order valence-electron chi connectivity index (χ2n) is 19.7. The van der Waals surface area contributed by atoms with Crippen molar-refractivity contribution >= 4 is 43.6 Å². The summed E-state index contributed by atoms with van der Waals surface area (Å²) in [5.74, 6) is 0. The van der Waals surface area contributed by atoms with Gasteiger partial charge < -0.3 is 9.13 Å². The Bertz CT molecular complexity index is 4220. The quantitative estimate of drug-likeness (QED) is 0.151. The second-order valence-corrected chi connectivity index (χ2v) is 19.7. The van der Waals surface area contributed by atoms with Crippen molar-refractivity contribution in [3.63, 3.8) is 0 Å². The lowest BCUT2D eigenvalue weighted by Crippen LogP contribution is -2.15. The monoisotopic (exact) mass is 904 g/mol. The van der Waals surface area contributed by atoms with Gasteiger partial charge in [-0.2, -0.15) is 0 Å². The van der Waals surface area contributed by atoms with Gasteiger partial charge in [-0.05, 0) is 151 Å². The predicted molar refractivity (Wildman–Crippen MR) is 300 cm³/mol. The van der Waals surface area contributed by atoms with E-state index in [0.717, 1.165) is 5.69 Å². The molecular weight excluding hydrogens is 857 g/mol. The Morgan fingerprint density at radius 2 is 0.620 bits per heavy atom. The molecule has 0 aliphatic heterocycles. The lowest BCUT2D eigenvalue weighted by Gasteiger charge is -2.22. The molecule has 2 heteroatoms. The number of hydrogen-bond donors (Lipinski definition) is 0. The number of para-hydroxylation sites is 2. The summed E-state index contributed by atoms with van der Waals surface area (Å²) in [5, 5.41) is 5.01. The number of rotatable bonds is 7. The molecule has 14 rings (SSSR count). The minimum absolute atomic E-state index is 0.0695. The highest BCUT2D eigenvalue weighted by Gasteiger charge is 2.35. The van der Waals surface area contributed by atoms with Crippen LogP contribution in [0.25, 0.3) is 122 Å². The van der Waals surface area contributed by atoms with E-state index in [9.17, 15) is 0 Å². The Balaban J connectivity index is 0.772. The van der Waals surface area contributed by atoms with Gasteiger partial charge in [-0.25, -0.2) is 0 Å². The predicted octanol–water partition coefficient (Wildman–Crippen LogP) is 18.5. The normalized spacial score (nSPS) is 12.8. The van der Waals surface area contributed by atoms with Crippen LogP contribution < -0.4 is 0 Å². The molecule has 0 amide bonds. The Hall–Kier alpha value is -8.98. The van der Waals surface area contributed by atoms with Crippen LogP contribution in [0.5, 0.6) is 0 Å². The molecule has 0 bridgehead atoms. The molecule has 334 valence electrons. The first kappa shape index (κ1) is 41.0. The summed E-state index contributed by atoms with van der Waals surface area (Å²) in [6.45, 7) is 4.72. The summed E-state index contributed by atoms with van der Waals surface area (Å²) in [6.07, 6.45) is 0. The third kappa shape index (κ3) is 6.63. The van der Waals surface area contributed by atoms with Crippen LogP contribution in [0.15, 0.2) is 255 Å². The molecule has 2 aromatic heterocycles. The van der Waals surface area contributed by atoms with Crippen LogP contribution in [0.3, 0.4) is 0 Å². The maximum Gasteiger partial charge on any atom is 0.0541 e. The fourth-order valence-corrected chi connectivity index (χ4v) is 11.7. The molecule has 11 aromatic carbocycles. The lowest BCUT2D eigenvalue weighted by molar-refractivity contribution is 0.660. The summed E-state index contributed by atoms with van der Waals surface area (Å²) >= 11 is 0. The van der Waals surface area contributed by atoms with E-state index in [1.165, 1.54) is 127 Å².